The summed E-state index contributed by atoms with van der Waals surface area (Å²) in [5.74, 6) is 0.242. The van der Waals surface area contributed by atoms with E-state index in [1.165, 1.54) is 0 Å². The lowest BCUT2D eigenvalue weighted by Gasteiger charge is -2.26. The van der Waals surface area contributed by atoms with Crippen LogP contribution in [0.4, 0.5) is 4.39 Å². The number of hydrogen-bond acceptors (Lipinski definition) is 2. The van der Waals surface area contributed by atoms with Crippen LogP contribution in [0.15, 0.2) is 0 Å². The Bertz CT molecular complexity index is 209. The van der Waals surface area contributed by atoms with Gasteiger partial charge in [0.25, 0.3) is 0 Å². The Morgan fingerprint density at radius 2 is 2.29 bits per heavy atom. The smallest absolute Gasteiger partial charge is 0.227 e. The second-order valence-electron chi connectivity index (χ2n) is 4.21. The molecule has 0 bridgehead atoms. The molecule has 0 unspecified atom stereocenters. The normalized spacial score (nSPS) is 33.4. The number of piperidine rings is 1. The first kappa shape index (κ1) is 9.90. The minimum atomic E-state index is -0.796. The van der Waals surface area contributed by atoms with Crippen molar-refractivity contribution in [3.8, 4) is 0 Å². The highest BCUT2D eigenvalue weighted by molar-refractivity contribution is 5.79. The van der Waals surface area contributed by atoms with Crippen molar-refractivity contribution >= 4 is 5.91 Å². The molecular formula is C10H17FN2O. The van der Waals surface area contributed by atoms with Crippen LogP contribution in [0, 0.1) is 5.92 Å². The molecule has 0 spiro atoms. The fourth-order valence-corrected chi connectivity index (χ4v) is 2.24. The first-order chi connectivity index (χ1) is 6.77. The SMILES string of the molecule is O=C([C@H]1CCCNC1)N1CC[C@@H](F)C1. The number of carbonyl (C=O) groups excluding carboxylic acids is 1. The van der Waals surface area contributed by atoms with Crippen molar-refractivity contribution in [2.24, 2.45) is 5.92 Å². The van der Waals surface area contributed by atoms with Crippen molar-refractivity contribution in [1.82, 2.24) is 10.2 Å². The zero-order valence-corrected chi connectivity index (χ0v) is 8.34. The fraction of sp³-hybridized carbons (Fsp3) is 0.900. The van der Waals surface area contributed by atoms with E-state index in [-0.39, 0.29) is 11.8 Å². The number of halogens is 1. The van der Waals surface area contributed by atoms with E-state index in [4.69, 9.17) is 0 Å². The Morgan fingerprint density at radius 3 is 2.86 bits per heavy atom. The summed E-state index contributed by atoms with van der Waals surface area (Å²) in [6.45, 7) is 2.70. The predicted molar refractivity (Wildman–Crippen MR) is 51.7 cm³/mol. The van der Waals surface area contributed by atoms with E-state index >= 15 is 0 Å². The number of nitrogens with zero attached hydrogens (tertiary/aromatic N) is 1. The third-order valence-electron chi connectivity index (χ3n) is 3.09. The summed E-state index contributed by atoms with van der Waals surface area (Å²) in [6, 6.07) is 0. The predicted octanol–water partition coefficient (Wildman–Crippen LogP) is 0.556. The molecule has 2 atom stereocenters. The Morgan fingerprint density at radius 1 is 1.43 bits per heavy atom. The average molecular weight is 200 g/mol. The van der Waals surface area contributed by atoms with Gasteiger partial charge in [0.15, 0.2) is 0 Å². The summed E-state index contributed by atoms with van der Waals surface area (Å²) in [7, 11) is 0. The van der Waals surface area contributed by atoms with E-state index in [0.717, 1.165) is 25.9 Å². The van der Waals surface area contributed by atoms with Crippen LogP contribution in [-0.2, 0) is 4.79 Å². The molecule has 2 aliphatic heterocycles. The van der Waals surface area contributed by atoms with Crippen molar-refractivity contribution in [2.75, 3.05) is 26.2 Å². The quantitative estimate of drug-likeness (QED) is 0.670. The van der Waals surface area contributed by atoms with E-state index in [1.54, 1.807) is 4.90 Å². The Labute approximate surface area is 83.6 Å². The van der Waals surface area contributed by atoms with Crippen molar-refractivity contribution in [2.45, 2.75) is 25.4 Å². The molecule has 0 aromatic rings. The molecule has 2 rings (SSSR count). The van der Waals surface area contributed by atoms with Crippen molar-refractivity contribution in [3.05, 3.63) is 0 Å². The van der Waals surface area contributed by atoms with Crippen LogP contribution in [0.5, 0.6) is 0 Å². The Hall–Kier alpha value is -0.640. The second-order valence-corrected chi connectivity index (χ2v) is 4.21. The summed E-state index contributed by atoms with van der Waals surface area (Å²) < 4.78 is 12.9. The van der Waals surface area contributed by atoms with Gasteiger partial charge in [0.2, 0.25) is 5.91 Å². The van der Waals surface area contributed by atoms with Crippen LogP contribution in [0.2, 0.25) is 0 Å². The van der Waals surface area contributed by atoms with Crippen molar-refractivity contribution in [3.63, 3.8) is 0 Å². The summed E-state index contributed by atoms with van der Waals surface area (Å²) in [6.07, 6.45) is 1.74. The molecule has 14 heavy (non-hydrogen) atoms. The average Bonchev–Trinajstić information content (AvgIpc) is 2.65. The minimum absolute atomic E-state index is 0.0917. The minimum Gasteiger partial charge on any atom is -0.339 e. The van der Waals surface area contributed by atoms with Gasteiger partial charge in [-0.25, -0.2) is 4.39 Å². The molecule has 1 N–H and O–H groups in total. The number of alkyl halides is 1. The maximum atomic E-state index is 12.9. The molecule has 2 fully saturated rings. The maximum absolute atomic E-state index is 12.9. The van der Waals surface area contributed by atoms with E-state index in [9.17, 15) is 9.18 Å². The maximum Gasteiger partial charge on any atom is 0.227 e. The second kappa shape index (κ2) is 4.26. The van der Waals surface area contributed by atoms with Crippen LogP contribution in [0.1, 0.15) is 19.3 Å². The van der Waals surface area contributed by atoms with Crippen LogP contribution >= 0.6 is 0 Å². The van der Waals surface area contributed by atoms with Gasteiger partial charge in [0.05, 0.1) is 12.5 Å². The van der Waals surface area contributed by atoms with Crippen LogP contribution < -0.4 is 5.32 Å². The molecule has 0 aromatic heterocycles. The summed E-state index contributed by atoms with van der Waals surface area (Å²) in [4.78, 5) is 13.5. The summed E-state index contributed by atoms with van der Waals surface area (Å²) >= 11 is 0. The molecule has 2 heterocycles. The molecule has 2 saturated heterocycles. The van der Waals surface area contributed by atoms with Gasteiger partial charge in [0, 0.05) is 13.1 Å². The van der Waals surface area contributed by atoms with Gasteiger partial charge in [-0.3, -0.25) is 4.79 Å². The highest BCUT2D eigenvalue weighted by Crippen LogP contribution is 2.18. The van der Waals surface area contributed by atoms with Crippen LogP contribution in [-0.4, -0.2) is 43.2 Å². The molecule has 0 radical (unpaired) electrons. The lowest BCUT2D eigenvalue weighted by molar-refractivity contribution is -0.135. The zero-order chi connectivity index (χ0) is 9.97. The molecule has 3 nitrogen and oxygen atoms in total. The lowest BCUT2D eigenvalue weighted by Crippen LogP contribution is -2.42. The first-order valence-electron chi connectivity index (χ1n) is 5.41. The number of nitrogens with one attached hydrogen (secondary N) is 1. The van der Waals surface area contributed by atoms with Gasteiger partial charge in [-0.2, -0.15) is 0 Å². The number of hydrogen-bond donors (Lipinski definition) is 1. The first-order valence-corrected chi connectivity index (χ1v) is 5.41. The topological polar surface area (TPSA) is 32.3 Å². The largest absolute Gasteiger partial charge is 0.339 e. The molecule has 1 amide bonds. The van der Waals surface area contributed by atoms with Gasteiger partial charge in [-0.05, 0) is 25.8 Å². The van der Waals surface area contributed by atoms with Gasteiger partial charge in [-0.15, -0.1) is 0 Å². The van der Waals surface area contributed by atoms with Crippen molar-refractivity contribution in [1.29, 1.82) is 0 Å². The zero-order valence-electron chi connectivity index (χ0n) is 8.34. The molecule has 0 aliphatic carbocycles. The summed E-state index contributed by atoms with van der Waals surface area (Å²) in [5.41, 5.74) is 0. The molecule has 2 aliphatic rings. The van der Waals surface area contributed by atoms with E-state index in [2.05, 4.69) is 5.32 Å². The number of likely N-dealkylation sites (tertiary alicyclic amines) is 1. The number of rotatable bonds is 1. The van der Waals surface area contributed by atoms with E-state index in [1.807, 2.05) is 0 Å². The lowest BCUT2D eigenvalue weighted by atomic mass is 9.98. The highest BCUT2D eigenvalue weighted by atomic mass is 19.1. The molecule has 80 valence electrons. The standard InChI is InChI=1S/C10H17FN2O/c11-9-3-5-13(7-9)10(14)8-2-1-4-12-6-8/h8-9,12H,1-7H2/t8-,9+/m0/s1. The highest BCUT2D eigenvalue weighted by Gasteiger charge is 2.31. The molecule has 0 aromatic carbocycles. The van der Waals surface area contributed by atoms with E-state index in [0.29, 0.717) is 19.5 Å². The fourth-order valence-electron chi connectivity index (χ4n) is 2.24. The molecule has 4 heteroatoms. The van der Waals surface area contributed by atoms with Gasteiger partial charge in [-0.1, -0.05) is 0 Å². The van der Waals surface area contributed by atoms with E-state index < -0.39 is 6.17 Å². The Balaban J connectivity index is 1.87. The number of carbonyl (C=O) groups is 1. The van der Waals surface area contributed by atoms with Crippen LogP contribution in [0.25, 0.3) is 0 Å². The van der Waals surface area contributed by atoms with Gasteiger partial charge < -0.3 is 10.2 Å². The third-order valence-corrected chi connectivity index (χ3v) is 3.09. The third kappa shape index (κ3) is 2.05. The monoisotopic (exact) mass is 200 g/mol. The van der Waals surface area contributed by atoms with Gasteiger partial charge in [0.1, 0.15) is 6.17 Å². The van der Waals surface area contributed by atoms with Gasteiger partial charge >= 0.3 is 0 Å². The molecular weight excluding hydrogens is 183 g/mol. The Kier molecular flexibility index (Phi) is 3.01. The van der Waals surface area contributed by atoms with Crippen molar-refractivity contribution < 1.29 is 9.18 Å². The number of amides is 1. The van der Waals surface area contributed by atoms with Crippen LogP contribution in [0.3, 0.4) is 0 Å². The molecule has 0 saturated carbocycles. The summed E-state index contributed by atoms with van der Waals surface area (Å²) in [5, 5.41) is 3.21.